The van der Waals surface area contributed by atoms with Gasteiger partial charge in [0.15, 0.2) is 5.82 Å². The Bertz CT molecular complexity index is 626. The molecule has 0 saturated heterocycles. The summed E-state index contributed by atoms with van der Waals surface area (Å²) in [6.07, 6.45) is 0.134. The fourth-order valence-electron chi connectivity index (χ4n) is 1.80. The molecule has 0 unspecified atom stereocenters. The number of carbonyl (C=O) groups excluding carboxylic acids is 2. The van der Waals surface area contributed by atoms with Crippen LogP contribution >= 0.6 is 0 Å². The molecule has 0 atom stereocenters. The van der Waals surface area contributed by atoms with E-state index in [2.05, 4.69) is 20.8 Å². The molecule has 0 bridgehead atoms. The van der Waals surface area contributed by atoms with Crippen molar-refractivity contribution >= 4 is 11.9 Å². The van der Waals surface area contributed by atoms with E-state index in [0.29, 0.717) is 12.4 Å². The molecule has 8 heteroatoms. The van der Waals surface area contributed by atoms with Crippen LogP contribution in [0.5, 0.6) is 0 Å². The van der Waals surface area contributed by atoms with Gasteiger partial charge in [0.2, 0.25) is 5.91 Å². The predicted octanol–water partition coefficient (Wildman–Crippen LogP) is 0.622. The van der Waals surface area contributed by atoms with Crippen LogP contribution in [0.2, 0.25) is 0 Å². The number of hydrogen-bond acceptors (Lipinski definition) is 6. The van der Waals surface area contributed by atoms with Gasteiger partial charge in [0.05, 0.1) is 25.3 Å². The molecule has 0 spiro atoms. The average molecular weight is 303 g/mol. The molecule has 1 aromatic heterocycles. The second-order valence-electron chi connectivity index (χ2n) is 4.42. The zero-order valence-corrected chi connectivity index (χ0v) is 12.2. The number of tetrazole rings is 1. The molecule has 8 nitrogen and oxygen atoms in total. The first-order chi connectivity index (χ1) is 10.7. The van der Waals surface area contributed by atoms with Crippen LogP contribution in [0.3, 0.4) is 0 Å². The highest BCUT2D eigenvalue weighted by Gasteiger charge is 2.11. The van der Waals surface area contributed by atoms with Crippen molar-refractivity contribution in [3.63, 3.8) is 0 Å². The normalized spacial score (nSPS) is 10.2. The summed E-state index contributed by atoms with van der Waals surface area (Å²) in [5.41, 5.74) is 0.809. The summed E-state index contributed by atoms with van der Waals surface area (Å²) in [5, 5.41) is 14.1. The maximum atomic E-state index is 11.7. The predicted molar refractivity (Wildman–Crippen MR) is 76.9 cm³/mol. The molecule has 2 aromatic rings. The molecule has 116 valence electrons. The number of para-hydroxylation sites is 1. The molecule has 0 saturated carbocycles. The lowest BCUT2D eigenvalue weighted by molar-refractivity contribution is -0.144. The summed E-state index contributed by atoms with van der Waals surface area (Å²) >= 11 is 0. The van der Waals surface area contributed by atoms with E-state index < -0.39 is 0 Å². The average Bonchev–Trinajstić information content (AvgIpc) is 3.00. The Morgan fingerprint density at radius 2 is 2.00 bits per heavy atom. The zero-order chi connectivity index (χ0) is 15.8. The van der Waals surface area contributed by atoms with E-state index in [4.69, 9.17) is 4.74 Å². The number of aromatic nitrogens is 4. The van der Waals surface area contributed by atoms with Crippen molar-refractivity contribution in [1.82, 2.24) is 25.5 Å². The first-order valence-corrected chi connectivity index (χ1v) is 6.95. The van der Waals surface area contributed by atoms with Gasteiger partial charge in [-0.05, 0) is 29.5 Å². The quantitative estimate of drug-likeness (QED) is 0.753. The van der Waals surface area contributed by atoms with Crippen molar-refractivity contribution in [2.75, 3.05) is 6.61 Å². The number of carbonyl (C=O) groups is 2. The number of esters is 1. The number of benzene rings is 1. The van der Waals surface area contributed by atoms with Gasteiger partial charge in [0.1, 0.15) is 0 Å². The van der Waals surface area contributed by atoms with E-state index in [1.165, 1.54) is 0 Å². The fraction of sp³-hybridized carbons (Fsp3) is 0.357. The molecule has 1 N–H and O–H groups in total. The van der Waals surface area contributed by atoms with Gasteiger partial charge in [0.25, 0.3) is 0 Å². The van der Waals surface area contributed by atoms with Gasteiger partial charge < -0.3 is 10.1 Å². The molecule has 0 aliphatic carbocycles. The van der Waals surface area contributed by atoms with Crippen LogP contribution in [-0.4, -0.2) is 38.7 Å². The Hall–Kier alpha value is -2.77. The Kier molecular flexibility index (Phi) is 5.58. The van der Waals surface area contributed by atoms with Crippen molar-refractivity contribution < 1.29 is 14.3 Å². The molecular weight excluding hydrogens is 286 g/mol. The SMILES string of the molecule is CCOC(=O)CCC(=O)NCc1nnnn1-c1ccccc1. The molecular formula is C14H17N5O3. The van der Waals surface area contributed by atoms with E-state index in [9.17, 15) is 9.59 Å². The summed E-state index contributed by atoms with van der Waals surface area (Å²) in [4.78, 5) is 22.9. The Balaban J connectivity index is 1.86. The Morgan fingerprint density at radius 1 is 1.23 bits per heavy atom. The highest BCUT2D eigenvalue weighted by atomic mass is 16.5. The van der Waals surface area contributed by atoms with Crippen LogP contribution in [0, 0.1) is 0 Å². The number of ether oxygens (including phenoxy) is 1. The maximum Gasteiger partial charge on any atom is 0.306 e. The maximum absolute atomic E-state index is 11.7. The molecule has 0 radical (unpaired) electrons. The molecule has 2 rings (SSSR count). The van der Waals surface area contributed by atoms with Crippen LogP contribution in [0.15, 0.2) is 30.3 Å². The molecule has 0 aliphatic heterocycles. The molecule has 0 aliphatic rings. The van der Waals surface area contributed by atoms with E-state index in [1.807, 2.05) is 30.3 Å². The minimum absolute atomic E-state index is 0.0588. The number of nitrogens with one attached hydrogen (secondary N) is 1. The van der Waals surface area contributed by atoms with Crippen LogP contribution in [0.1, 0.15) is 25.6 Å². The summed E-state index contributed by atoms with van der Waals surface area (Å²) in [7, 11) is 0. The van der Waals surface area contributed by atoms with Crippen molar-refractivity contribution in [3.05, 3.63) is 36.2 Å². The number of rotatable bonds is 7. The second kappa shape index (κ2) is 7.87. The van der Waals surface area contributed by atoms with Gasteiger partial charge in [-0.15, -0.1) is 5.10 Å². The Labute approximate surface area is 127 Å². The van der Waals surface area contributed by atoms with Crippen LogP contribution in [0.4, 0.5) is 0 Å². The first-order valence-electron chi connectivity index (χ1n) is 6.95. The molecule has 1 heterocycles. The molecule has 0 fully saturated rings. The highest BCUT2D eigenvalue weighted by Crippen LogP contribution is 2.06. The van der Waals surface area contributed by atoms with Crippen molar-refractivity contribution in [2.24, 2.45) is 0 Å². The smallest absolute Gasteiger partial charge is 0.306 e. The lowest BCUT2D eigenvalue weighted by Gasteiger charge is -2.06. The topological polar surface area (TPSA) is 99.0 Å². The molecule has 1 amide bonds. The van der Waals surface area contributed by atoms with E-state index in [0.717, 1.165) is 5.69 Å². The van der Waals surface area contributed by atoms with Crippen LogP contribution < -0.4 is 5.32 Å². The minimum atomic E-state index is -0.383. The van der Waals surface area contributed by atoms with Gasteiger partial charge in [0, 0.05) is 6.42 Å². The van der Waals surface area contributed by atoms with Crippen molar-refractivity contribution in [2.45, 2.75) is 26.3 Å². The fourth-order valence-corrected chi connectivity index (χ4v) is 1.80. The van der Waals surface area contributed by atoms with E-state index in [1.54, 1.807) is 11.6 Å². The number of amides is 1. The lowest BCUT2D eigenvalue weighted by Crippen LogP contribution is -2.25. The zero-order valence-electron chi connectivity index (χ0n) is 12.2. The van der Waals surface area contributed by atoms with Gasteiger partial charge in [-0.3, -0.25) is 9.59 Å². The Morgan fingerprint density at radius 3 is 2.73 bits per heavy atom. The largest absolute Gasteiger partial charge is 0.466 e. The van der Waals surface area contributed by atoms with Crippen molar-refractivity contribution in [3.8, 4) is 5.69 Å². The number of hydrogen-bond donors (Lipinski definition) is 1. The van der Waals surface area contributed by atoms with E-state index >= 15 is 0 Å². The first kappa shape index (κ1) is 15.6. The number of nitrogens with zero attached hydrogens (tertiary/aromatic N) is 4. The van der Waals surface area contributed by atoms with Crippen LogP contribution in [0.25, 0.3) is 5.69 Å². The minimum Gasteiger partial charge on any atom is -0.466 e. The van der Waals surface area contributed by atoms with Gasteiger partial charge in [-0.25, -0.2) is 0 Å². The van der Waals surface area contributed by atoms with E-state index in [-0.39, 0.29) is 31.3 Å². The van der Waals surface area contributed by atoms with Gasteiger partial charge in [-0.1, -0.05) is 18.2 Å². The standard InChI is InChI=1S/C14H17N5O3/c1-2-22-14(21)9-8-13(20)15-10-12-16-17-18-19(12)11-6-4-3-5-7-11/h3-7H,2,8-10H2,1H3,(H,15,20). The monoisotopic (exact) mass is 303 g/mol. The third-order valence-corrected chi connectivity index (χ3v) is 2.84. The third kappa shape index (κ3) is 4.37. The highest BCUT2D eigenvalue weighted by molar-refractivity contribution is 5.81. The van der Waals surface area contributed by atoms with Gasteiger partial charge in [-0.2, -0.15) is 4.68 Å². The van der Waals surface area contributed by atoms with Crippen molar-refractivity contribution in [1.29, 1.82) is 0 Å². The summed E-state index contributed by atoms with van der Waals surface area (Å²) in [6, 6.07) is 9.37. The molecule has 22 heavy (non-hydrogen) atoms. The summed E-state index contributed by atoms with van der Waals surface area (Å²) < 4.78 is 6.31. The summed E-state index contributed by atoms with van der Waals surface area (Å²) in [6.45, 7) is 2.22. The van der Waals surface area contributed by atoms with Gasteiger partial charge >= 0.3 is 5.97 Å². The third-order valence-electron chi connectivity index (χ3n) is 2.84. The summed E-state index contributed by atoms with van der Waals surface area (Å²) in [5.74, 6) is -0.127. The lowest BCUT2D eigenvalue weighted by atomic mass is 10.3. The molecule has 1 aromatic carbocycles. The second-order valence-corrected chi connectivity index (χ2v) is 4.42. The van der Waals surface area contributed by atoms with Crippen LogP contribution in [-0.2, 0) is 20.9 Å².